The second-order valence-corrected chi connectivity index (χ2v) is 4.34. The fourth-order valence-electron chi connectivity index (χ4n) is 2.67. The molecule has 0 saturated carbocycles. The molecule has 0 bridgehead atoms. The lowest BCUT2D eigenvalue weighted by Gasteiger charge is -2.04. The number of hydrogen-bond donors (Lipinski definition) is 0. The second kappa shape index (κ2) is 3.08. The van der Waals surface area contributed by atoms with Crippen molar-refractivity contribution in [3.8, 4) is 0 Å². The van der Waals surface area contributed by atoms with Crippen LogP contribution in [0.1, 0.15) is 23.6 Å². The van der Waals surface area contributed by atoms with Gasteiger partial charge in [-0.15, -0.1) is 0 Å². The topological polar surface area (TPSA) is 0 Å². The van der Waals surface area contributed by atoms with Crippen molar-refractivity contribution < 1.29 is 0 Å². The molecule has 0 atom stereocenters. The highest BCUT2D eigenvalue weighted by atomic mass is 14.2. The van der Waals surface area contributed by atoms with E-state index in [1.807, 2.05) is 0 Å². The van der Waals surface area contributed by atoms with Crippen molar-refractivity contribution in [2.24, 2.45) is 0 Å². The molecule has 0 nitrogen and oxygen atoms in total. The third-order valence-corrected chi connectivity index (χ3v) is 3.49. The van der Waals surface area contributed by atoms with E-state index in [1.165, 1.54) is 33.0 Å². The Morgan fingerprint density at radius 3 is 2.62 bits per heavy atom. The van der Waals surface area contributed by atoms with E-state index in [2.05, 4.69) is 56.8 Å². The molecule has 0 unspecified atom stereocenters. The smallest absolute Gasteiger partial charge is 0.00241 e. The molecule has 2 aromatic carbocycles. The van der Waals surface area contributed by atoms with Crippen molar-refractivity contribution >= 4 is 21.9 Å². The Kier molecular flexibility index (Phi) is 1.81. The van der Waals surface area contributed by atoms with Crippen LogP contribution in [-0.2, 0) is 0 Å². The summed E-state index contributed by atoms with van der Waals surface area (Å²) in [6.07, 6.45) is 2.16. The molecule has 0 aromatic heterocycles. The van der Waals surface area contributed by atoms with Gasteiger partial charge in [-0.1, -0.05) is 43.0 Å². The van der Waals surface area contributed by atoms with Crippen LogP contribution in [0.3, 0.4) is 0 Å². The lowest BCUT2D eigenvalue weighted by atomic mass is 10.0. The first kappa shape index (κ1) is 9.41. The maximum Gasteiger partial charge on any atom is -0.00241 e. The summed E-state index contributed by atoms with van der Waals surface area (Å²) in [4.78, 5) is 0. The average Bonchev–Trinajstić information content (AvgIpc) is 2.59. The third-order valence-electron chi connectivity index (χ3n) is 3.49. The van der Waals surface area contributed by atoms with Crippen molar-refractivity contribution in [3.63, 3.8) is 0 Å². The molecule has 0 fully saturated rings. The molecule has 2 aromatic rings. The maximum absolute atomic E-state index is 4.21. The molecule has 1 aliphatic rings. The predicted molar refractivity (Wildman–Crippen MR) is 71.4 cm³/mol. The van der Waals surface area contributed by atoms with E-state index >= 15 is 0 Å². The minimum Gasteiger partial charge on any atom is -0.0905 e. The Bertz CT molecular complexity index is 642. The van der Waals surface area contributed by atoms with Gasteiger partial charge in [0.2, 0.25) is 0 Å². The van der Waals surface area contributed by atoms with Crippen LogP contribution in [-0.4, -0.2) is 0 Å². The Morgan fingerprint density at radius 1 is 1.06 bits per heavy atom. The van der Waals surface area contributed by atoms with Crippen LogP contribution in [0.4, 0.5) is 0 Å². The molecule has 0 aliphatic heterocycles. The molecule has 3 rings (SSSR count). The summed E-state index contributed by atoms with van der Waals surface area (Å²) < 4.78 is 0. The highest BCUT2D eigenvalue weighted by Crippen LogP contribution is 2.45. The van der Waals surface area contributed by atoms with Crippen LogP contribution >= 0.6 is 0 Å². The van der Waals surface area contributed by atoms with Gasteiger partial charge in [-0.3, -0.25) is 0 Å². The fourth-order valence-corrected chi connectivity index (χ4v) is 2.67. The summed E-state index contributed by atoms with van der Waals surface area (Å²) in [5.74, 6) is 0. The Morgan fingerprint density at radius 2 is 1.88 bits per heavy atom. The Hall–Kier alpha value is -1.82. The molecule has 78 valence electrons. The molecule has 0 saturated heterocycles. The maximum atomic E-state index is 4.21. The van der Waals surface area contributed by atoms with E-state index in [0.29, 0.717) is 0 Å². The van der Waals surface area contributed by atoms with Gasteiger partial charge in [-0.25, -0.2) is 0 Å². The number of aryl methyl sites for hydroxylation is 1. The van der Waals surface area contributed by atoms with Crippen LogP contribution in [0, 0.1) is 6.92 Å². The molecule has 0 spiro atoms. The molecular weight excluding hydrogens is 192 g/mol. The van der Waals surface area contributed by atoms with E-state index in [1.54, 1.807) is 0 Å². The van der Waals surface area contributed by atoms with Crippen LogP contribution in [0.25, 0.3) is 21.9 Å². The SMILES string of the molecule is C=C1/C(=C\C)c2ccc(C)c3cccc1c23. The number of hydrogen-bond acceptors (Lipinski definition) is 0. The number of allylic oxidation sites excluding steroid dienone is 3. The van der Waals surface area contributed by atoms with Gasteiger partial charge in [0, 0.05) is 0 Å². The second-order valence-electron chi connectivity index (χ2n) is 4.34. The van der Waals surface area contributed by atoms with E-state index in [-0.39, 0.29) is 0 Å². The van der Waals surface area contributed by atoms with Gasteiger partial charge in [0.1, 0.15) is 0 Å². The minimum absolute atomic E-state index is 1.16. The Labute approximate surface area is 95.9 Å². The number of benzene rings is 2. The summed E-state index contributed by atoms with van der Waals surface area (Å²) in [5, 5.41) is 2.73. The van der Waals surface area contributed by atoms with E-state index in [0.717, 1.165) is 5.57 Å². The summed E-state index contributed by atoms with van der Waals surface area (Å²) in [5.41, 5.74) is 6.42. The molecule has 16 heavy (non-hydrogen) atoms. The summed E-state index contributed by atoms with van der Waals surface area (Å²) >= 11 is 0. The van der Waals surface area contributed by atoms with Crippen LogP contribution in [0.2, 0.25) is 0 Å². The minimum atomic E-state index is 1.16. The van der Waals surface area contributed by atoms with Crippen LogP contribution < -0.4 is 0 Å². The Balaban J connectivity index is 2.57. The molecule has 0 heterocycles. The van der Waals surface area contributed by atoms with Gasteiger partial charge in [-0.05, 0) is 52.5 Å². The van der Waals surface area contributed by atoms with Gasteiger partial charge in [0.15, 0.2) is 0 Å². The van der Waals surface area contributed by atoms with Gasteiger partial charge in [-0.2, -0.15) is 0 Å². The fraction of sp³-hybridized carbons (Fsp3) is 0.125. The lowest BCUT2D eigenvalue weighted by Crippen LogP contribution is -1.81. The van der Waals surface area contributed by atoms with Gasteiger partial charge in [0.05, 0.1) is 0 Å². The van der Waals surface area contributed by atoms with Crippen LogP contribution in [0.5, 0.6) is 0 Å². The predicted octanol–water partition coefficient (Wildman–Crippen LogP) is 4.58. The normalized spacial score (nSPS) is 16.4. The van der Waals surface area contributed by atoms with Crippen molar-refractivity contribution in [1.82, 2.24) is 0 Å². The van der Waals surface area contributed by atoms with Gasteiger partial charge < -0.3 is 0 Å². The van der Waals surface area contributed by atoms with Gasteiger partial charge in [0.25, 0.3) is 0 Å². The molecule has 0 radical (unpaired) electrons. The average molecular weight is 206 g/mol. The first-order chi connectivity index (χ1) is 7.74. The zero-order chi connectivity index (χ0) is 11.3. The van der Waals surface area contributed by atoms with E-state index < -0.39 is 0 Å². The monoisotopic (exact) mass is 206 g/mol. The van der Waals surface area contributed by atoms with E-state index in [9.17, 15) is 0 Å². The molecule has 0 heteroatoms. The first-order valence-electron chi connectivity index (χ1n) is 5.62. The van der Waals surface area contributed by atoms with Crippen molar-refractivity contribution in [2.75, 3.05) is 0 Å². The molecule has 1 aliphatic carbocycles. The van der Waals surface area contributed by atoms with Crippen LogP contribution in [0.15, 0.2) is 43.0 Å². The zero-order valence-corrected chi connectivity index (χ0v) is 9.67. The quantitative estimate of drug-likeness (QED) is 0.592. The molecule has 0 N–H and O–H groups in total. The molecule has 0 amide bonds. The molecular formula is C16H14. The zero-order valence-electron chi connectivity index (χ0n) is 9.67. The summed E-state index contributed by atoms with van der Waals surface area (Å²) in [6.45, 7) is 8.46. The number of rotatable bonds is 0. The van der Waals surface area contributed by atoms with Gasteiger partial charge >= 0.3 is 0 Å². The third kappa shape index (κ3) is 0.992. The first-order valence-corrected chi connectivity index (χ1v) is 5.62. The standard InChI is InChI=1S/C16H14/c1-4-12-11(3)14-7-5-6-13-10(2)8-9-15(12)16(13)14/h4-9H,3H2,1-2H3/b12-4+. The lowest BCUT2D eigenvalue weighted by molar-refractivity contribution is 1.52. The van der Waals surface area contributed by atoms with Crippen molar-refractivity contribution in [2.45, 2.75) is 13.8 Å². The summed E-state index contributed by atoms with van der Waals surface area (Å²) in [7, 11) is 0. The van der Waals surface area contributed by atoms with Crippen molar-refractivity contribution in [1.29, 1.82) is 0 Å². The summed E-state index contributed by atoms with van der Waals surface area (Å²) in [6, 6.07) is 10.9. The highest BCUT2D eigenvalue weighted by molar-refractivity contribution is 6.21. The highest BCUT2D eigenvalue weighted by Gasteiger charge is 2.21. The van der Waals surface area contributed by atoms with Crippen molar-refractivity contribution in [3.05, 3.63) is 59.7 Å². The van der Waals surface area contributed by atoms with E-state index in [4.69, 9.17) is 0 Å². The largest absolute Gasteiger partial charge is 0.0905 e.